The molecular weight excluding hydrogens is 395 g/mol. The third kappa shape index (κ3) is 2.94. The number of carbonyl (C=O) groups excluding carboxylic acids is 1. The Morgan fingerprint density at radius 3 is 1.86 bits per heavy atom. The molecule has 0 aromatic heterocycles. The number of nitrogens with zero attached hydrogens (tertiary/aromatic N) is 2. The van der Waals surface area contributed by atoms with Crippen LogP contribution in [0.3, 0.4) is 0 Å². The molecule has 1 fully saturated rings. The maximum absolute atomic E-state index is 13.5. The Balaban J connectivity index is 1.89. The fourth-order valence-corrected chi connectivity index (χ4v) is 3.91. The van der Waals surface area contributed by atoms with E-state index in [1.54, 1.807) is 53.4 Å². The molecule has 1 aliphatic rings. The average molecular weight is 413 g/mol. The van der Waals surface area contributed by atoms with E-state index in [1.807, 2.05) is 37.3 Å². The Morgan fingerprint density at radius 2 is 1.32 bits per heavy atom. The highest BCUT2D eigenvalue weighted by Crippen LogP contribution is 2.45. The summed E-state index contributed by atoms with van der Waals surface area (Å²) in [6, 6.07) is 23.0. The highest BCUT2D eigenvalue weighted by Gasteiger charge is 2.56. The lowest BCUT2D eigenvalue weighted by molar-refractivity contribution is 0.119. The summed E-state index contributed by atoms with van der Waals surface area (Å²) in [5.74, 6) is 0. The first-order valence-corrected chi connectivity index (χ1v) is 9.56. The molecule has 28 heavy (non-hydrogen) atoms. The van der Waals surface area contributed by atoms with Crippen molar-refractivity contribution >= 4 is 40.6 Å². The van der Waals surface area contributed by atoms with Gasteiger partial charge < -0.3 is 5.11 Å². The number of rotatable bonds is 3. The SMILES string of the molecule is CC1(c2ccccc2)C(O)N(c2ccc(Cl)cc2)C(=O)N1c1ccc(Cl)cc1. The first-order valence-electron chi connectivity index (χ1n) is 8.81. The highest BCUT2D eigenvalue weighted by molar-refractivity contribution is 6.31. The van der Waals surface area contributed by atoms with Gasteiger partial charge in [0.05, 0.1) is 0 Å². The zero-order valence-corrected chi connectivity index (χ0v) is 16.6. The van der Waals surface area contributed by atoms with Crippen molar-refractivity contribution in [1.29, 1.82) is 0 Å². The molecule has 0 saturated carbocycles. The Morgan fingerprint density at radius 1 is 0.821 bits per heavy atom. The normalized spacial score (nSPS) is 22.0. The molecule has 0 spiro atoms. The lowest BCUT2D eigenvalue weighted by Crippen LogP contribution is -2.47. The zero-order valence-electron chi connectivity index (χ0n) is 15.1. The van der Waals surface area contributed by atoms with Gasteiger partial charge in [0.2, 0.25) is 0 Å². The predicted molar refractivity (Wildman–Crippen MR) is 113 cm³/mol. The maximum atomic E-state index is 13.5. The van der Waals surface area contributed by atoms with Gasteiger partial charge in [-0.3, -0.25) is 9.80 Å². The first kappa shape index (κ1) is 18.8. The fourth-order valence-electron chi connectivity index (χ4n) is 3.65. The topological polar surface area (TPSA) is 43.8 Å². The third-order valence-electron chi connectivity index (χ3n) is 5.16. The highest BCUT2D eigenvalue weighted by atomic mass is 35.5. The molecule has 2 atom stereocenters. The van der Waals surface area contributed by atoms with Gasteiger partial charge in [-0.1, -0.05) is 53.5 Å². The molecule has 4 rings (SSSR count). The van der Waals surface area contributed by atoms with Crippen LogP contribution in [-0.4, -0.2) is 17.4 Å². The van der Waals surface area contributed by atoms with Crippen molar-refractivity contribution in [1.82, 2.24) is 0 Å². The summed E-state index contributed by atoms with van der Waals surface area (Å²) < 4.78 is 0. The molecule has 0 bridgehead atoms. The van der Waals surface area contributed by atoms with Crippen LogP contribution in [0.25, 0.3) is 0 Å². The number of carbonyl (C=O) groups is 1. The van der Waals surface area contributed by atoms with E-state index < -0.39 is 11.8 Å². The second kappa shape index (κ2) is 7.13. The zero-order chi connectivity index (χ0) is 19.9. The summed E-state index contributed by atoms with van der Waals surface area (Å²) in [5.41, 5.74) is 1.03. The van der Waals surface area contributed by atoms with E-state index >= 15 is 0 Å². The Hall–Kier alpha value is -2.53. The minimum atomic E-state index is -1.11. The van der Waals surface area contributed by atoms with Crippen LogP contribution in [0.15, 0.2) is 78.9 Å². The Labute approximate surface area is 173 Å². The largest absolute Gasteiger partial charge is 0.370 e. The van der Waals surface area contributed by atoms with Gasteiger partial charge >= 0.3 is 6.03 Å². The van der Waals surface area contributed by atoms with Crippen LogP contribution in [0.5, 0.6) is 0 Å². The van der Waals surface area contributed by atoms with Crippen LogP contribution >= 0.6 is 23.2 Å². The minimum absolute atomic E-state index is 0.330. The van der Waals surface area contributed by atoms with Crippen molar-refractivity contribution in [3.05, 3.63) is 94.5 Å². The average Bonchev–Trinajstić information content (AvgIpc) is 2.91. The molecule has 3 aromatic rings. The number of aliphatic hydroxyl groups is 1. The number of urea groups is 1. The monoisotopic (exact) mass is 412 g/mol. The molecule has 1 aliphatic heterocycles. The van der Waals surface area contributed by atoms with Crippen molar-refractivity contribution in [2.45, 2.75) is 18.7 Å². The number of anilines is 2. The van der Waals surface area contributed by atoms with Crippen LogP contribution < -0.4 is 9.80 Å². The first-order chi connectivity index (χ1) is 13.4. The van der Waals surface area contributed by atoms with Gasteiger partial charge in [0, 0.05) is 21.4 Å². The van der Waals surface area contributed by atoms with E-state index in [9.17, 15) is 9.90 Å². The van der Waals surface area contributed by atoms with Crippen LogP contribution in [0.4, 0.5) is 16.2 Å². The second-order valence-electron chi connectivity index (χ2n) is 6.83. The number of aliphatic hydroxyl groups excluding tert-OH is 1. The molecule has 2 unspecified atom stereocenters. The molecular formula is C22H18Cl2N2O2. The Kier molecular flexibility index (Phi) is 4.79. The second-order valence-corrected chi connectivity index (χ2v) is 7.70. The molecule has 0 radical (unpaired) electrons. The minimum Gasteiger partial charge on any atom is -0.370 e. The number of halogens is 2. The quantitative estimate of drug-likeness (QED) is 0.601. The summed E-state index contributed by atoms with van der Waals surface area (Å²) >= 11 is 12.0. The van der Waals surface area contributed by atoms with E-state index in [-0.39, 0.29) is 6.03 Å². The summed E-state index contributed by atoms with van der Waals surface area (Å²) in [6.45, 7) is 1.86. The van der Waals surface area contributed by atoms with Gasteiger partial charge in [0.1, 0.15) is 5.54 Å². The predicted octanol–water partition coefficient (Wildman–Crippen LogP) is 5.67. The van der Waals surface area contributed by atoms with Gasteiger partial charge in [0.25, 0.3) is 0 Å². The van der Waals surface area contributed by atoms with Crippen LogP contribution in [0, 0.1) is 0 Å². The number of amides is 2. The molecule has 6 heteroatoms. The van der Waals surface area contributed by atoms with Gasteiger partial charge in [0.15, 0.2) is 6.23 Å². The van der Waals surface area contributed by atoms with Crippen LogP contribution in [-0.2, 0) is 5.54 Å². The number of hydrogen-bond acceptors (Lipinski definition) is 2. The number of hydrogen-bond donors (Lipinski definition) is 1. The molecule has 1 saturated heterocycles. The van der Waals surface area contributed by atoms with Gasteiger partial charge in [-0.15, -0.1) is 0 Å². The van der Waals surface area contributed by atoms with Crippen molar-refractivity contribution in [2.24, 2.45) is 0 Å². The fraction of sp³-hybridized carbons (Fsp3) is 0.136. The molecule has 3 aromatic carbocycles. The maximum Gasteiger partial charge on any atom is 0.332 e. The molecule has 1 heterocycles. The smallest absolute Gasteiger partial charge is 0.332 e. The van der Waals surface area contributed by atoms with Gasteiger partial charge in [-0.05, 0) is 61.0 Å². The van der Waals surface area contributed by atoms with E-state index in [2.05, 4.69) is 0 Å². The van der Waals surface area contributed by atoms with Crippen molar-refractivity contribution in [3.8, 4) is 0 Å². The van der Waals surface area contributed by atoms with Crippen LogP contribution in [0.1, 0.15) is 12.5 Å². The Bertz CT molecular complexity index is 993. The van der Waals surface area contributed by atoms with Crippen molar-refractivity contribution < 1.29 is 9.90 Å². The molecule has 1 N–H and O–H groups in total. The molecule has 0 aliphatic carbocycles. The van der Waals surface area contributed by atoms with E-state index in [1.165, 1.54) is 4.90 Å². The van der Waals surface area contributed by atoms with Crippen molar-refractivity contribution in [2.75, 3.05) is 9.80 Å². The summed E-state index contributed by atoms with van der Waals surface area (Å²) in [4.78, 5) is 16.5. The van der Waals surface area contributed by atoms with Gasteiger partial charge in [-0.2, -0.15) is 0 Å². The third-order valence-corrected chi connectivity index (χ3v) is 5.66. The standard InChI is InChI=1S/C22H18Cl2N2O2/c1-22(15-5-3-2-4-6-15)20(27)25(18-11-7-16(23)8-12-18)21(28)26(22)19-13-9-17(24)10-14-19/h2-14,20,27H,1H3. The lowest BCUT2D eigenvalue weighted by Gasteiger charge is -2.36. The van der Waals surface area contributed by atoms with E-state index in [0.29, 0.717) is 21.4 Å². The summed E-state index contributed by atoms with van der Waals surface area (Å²) in [6.07, 6.45) is -1.11. The number of benzene rings is 3. The van der Waals surface area contributed by atoms with Crippen LogP contribution in [0.2, 0.25) is 10.0 Å². The molecule has 4 nitrogen and oxygen atoms in total. The van der Waals surface area contributed by atoms with Crippen molar-refractivity contribution in [3.63, 3.8) is 0 Å². The lowest BCUT2D eigenvalue weighted by atomic mass is 9.89. The summed E-state index contributed by atoms with van der Waals surface area (Å²) in [7, 11) is 0. The summed E-state index contributed by atoms with van der Waals surface area (Å²) in [5, 5.41) is 12.5. The van der Waals surface area contributed by atoms with E-state index in [4.69, 9.17) is 23.2 Å². The van der Waals surface area contributed by atoms with E-state index in [0.717, 1.165) is 5.56 Å². The van der Waals surface area contributed by atoms with Gasteiger partial charge in [-0.25, -0.2) is 4.79 Å². The molecule has 2 amide bonds. The molecule has 142 valence electrons.